The molecule has 0 aliphatic carbocycles. The van der Waals surface area contributed by atoms with Gasteiger partial charge in [-0.05, 0) is 37.7 Å². The van der Waals surface area contributed by atoms with Crippen molar-refractivity contribution in [1.29, 1.82) is 0 Å². The van der Waals surface area contributed by atoms with Gasteiger partial charge >= 0.3 is 0 Å². The van der Waals surface area contributed by atoms with Gasteiger partial charge in [0.25, 0.3) is 0 Å². The molecule has 6 heteroatoms. The molecular weight excluding hydrogens is 388 g/mol. The van der Waals surface area contributed by atoms with Crippen molar-refractivity contribution in [1.82, 2.24) is 19.4 Å². The number of piperidine rings is 1. The number of nitrogens with zero attached hydrogens (tertiary/aromatic N) is 4. The maximum Gasteiger partial charge on any atom is 0.245 e. The van der Waals surface area contributed by atoms with Crippen molar-refractivity contribution in [2.45, 2.75) is 65.0 Å². The highest BCUT2D eigenvalue weighted by Crippen LogP contribution is 2.25. The van der Waals surface area contributed by atoms with Crippen LogP contribution in [0.2, 0.25) is 0 Å². The van der Waals surface area contributed by atoms with Crippen LogP contribution >= 0.6 is 0 Å². The van der Waals surface area contributed by atoms with E-state index in [0.717, 1.165) is 43.7 Å². The second kappa shape index (κ2) is 10.6. The standard InChI is InChI=1S/C25H36N4O2/c1-19(2)24-26-14-17-29(24)20(3)25(31)28-15-12-21(13-16-28)10-11-23(30)27(4)18-22-8-6-5-7-9-22/h5-9,14,17,19-21H,10-13,15-16,18H2,1-4H3/t20-/m0/s1. The normalized spacial score (nSPS) is 15.8. The highest BCUT2D eigenvalue weighted by Gasteiger charge is 2.28. The van der Waals surface area contributed by atoms with Gasteiger partial charge in [0.15, 0.2) is 0 Å². The molecule has 1 aliphatic heterocycles. The molecule has 0 radical (unpaired) electrons. The van der Waals surface area contributed by atoms with Gasteiger partial charge in [-0.1, -0.05) is 44.2 Å². The van der Waals surface area contributed by atoms with Crippen LogP contribution in [0.5, 0.6) is 0 Å². The highest BCUT2D eigenvalue weighted by atomic mass is 16.2. The Balaban J connectivity index is 1.43. The molecule has 0 saturated carbocycles. The van der Waals surface area contributed by atoms with Gasteiger partial charge in [0.2, 0.25) is 11.8 Å². The van der Waals surface area contributed by atoms with Crippen molar-refractivity contribution in [3.8, 4) is 0 Å². The van der Waals surface area contributed by atoms with Gasteiger partial charge in [0.1, 0.15) is 11.9 Å². The van der Waals surface area contributed by atoms with E-state index in [4.69, 9.17) is 0 Å². The summed E-state index contributed by atoms with van der Waals surface area (Å²) >= 11 is 0. The van der Waals surface area contributed by atoms with Crippen LogP contribution in [0.1, 0.15) is 69.8 Å². The van der Waals surface area contributed by atoms with Crippen molar-refractivity contribution in [3.05, 3.63) is 54.1 Å². The molecule has 1 saturated heterocycles. The Morgan fingerprint density at radius 2 is 1.81 bits per heavy atom. The lowest BCUT2D eigenvalue weighted by atomic mass is 9.91. The number of hydrogen-bond acceptors (Lipinski definition) is 3. The van der Waals surface area contributed by atoms with E-state index in [0.29, 0.717) is 18.9 Å². The zero-order valence-corrected chi connectivity index (χ0v) is 19.3. The van der Waals surface area contributed by atoms with Gasteiger partial charge in [0.05, 0.1) is 0 Å². The maximum atomic E-state index is 13.0. The fourth-order valence-electron chi connectivity index (χ4n) is 4.39. The van der Waals surface area contributed by atoms with Crippen LogP contribution in [0.4, 0.5) is 0 Å². The summed E-state index contributed by atoms with van der Waals surface area (Å²) in [6.07, 6.45) is 7.09. The van der Waals surface area contributed by atoms with E-state index in [1.54, 1.807) is 6.20 Å². The van der Waals surface area contributed by atoms with E-state index in [2.05, 4.69) is 18.8 Å². The van der Waals surface area contributed by atoms with E-state index in [-0.39, 0.29) is 23.8 Å². The van der Waals surface area contributed by atoms with Crippen LogP contribution in [0.15, 0.2) is 42.7 Å². The van der Waals surface area contributed by atoms with Crippen molar-refractivity contribution in [2.24, 2.45) is 5.92 Å². The lowest BCUT2D eigenvalue weighted by Gasteiger charge is -2.34. The average molecular weight is 425 g/mol. The third-order valence-electron chi connectivity index (χ3n) is 6.37. The number of likely N-dealkylation sites (tertiary alicyclic amines) is 1. The maximum absolute atomic E-state index is 13.0. The van der Waals surface area contributed by atoms with E-state index < -0.39 is 0 Å². The summed E-state index contributed by atoms with van der Waals surface area (Å²) in [5.41, 5.74) is 1.15. The highest BCUT2D eigenvalue weighted by molar-refractivity contribution is 5.80. The number of benzene rings is 1. The summed E-state index contributed by atoms with van der Waals surface area (Å²) in [4.78, 5) is 33.8. The number of imidazole rings is 1. The Kier molecular flexibility index (Phi) is 7.88. The molecule has 168 valence electrons. The average Bonchev–Trinajstić information content (AvgIpc) is 3.28. The van der Waals surface area contributed by atoms with Crippen LogP contribution in [-0.2, 0) is 16.1 Å². The number of carbonyl (C=O) groups excluding carboxylic acids is 2. The summed E-state index contributed by atoms with van der Waals surface area (Å²) in [5, 5.41) is 0. The van der Waals surface area contributed by atoms with Crippen LogP contribution in [0.25, 0.3) is 0 Å². The number of aromatic nitrogens is 2. The topological polar surface area (TPSA) is 58.4 Å². The largest absolute Gasteiger partial charge is 0.341 e. The first-order valence-corrected chi connectivity index (χ1v) is 11.5. The van der Waals surface area contributed by atoms with Crippen molar-refractivity contribution >= 4 is 11.8 Å². The van der Waals surface area contributed by atoms with E-state index in [1.165, 1.54) is 0 Å². The van der Waals surface area contributed by atoms with Crippen molar-refractivity contribution < 1.29 is 9.59 Å². The molecule has 6 nitrogen and oxygen atoms in total. The second-order valence-corrected chi connectivity index (χ2v) is 9.07. The number of carbonyl (C=O) groups is 2. The lowest BCUT2D eigenvalue weighted by molar-refractivity contribution is -0.136. The van der Waals surface area contributed by atoms with Crippen LogP contribution in [-0.4, -0.2) is 51.3 Å². The third-order valence-corrected chi connectivity index (χ3v) is 6.37. The molecule has 2 heterocycles. The molecule has 2 amide bonds. The third kappa shape index (κ3) is 5.96. The SMILES string of the molecule is CC(C)c1nccn1[C@@H](C)C(=O)N1CCC(CCC(=O)N(C)Cc2ccccc2)CC1. The minimum atomic E-state index is -0.232. The number of rotatable bonds is 8. The lowest BCUT2D eigenvalue weighted by Crippen LogP contribution is -2.42. The van der Waals surface area contributed by atoms with E-state index in [1.807, 2.05) is 64.9 Å². The van der Waals surface area contributed by atoms with Crippen molar-refractivity contribution in [3.63, 3.8) is 0 Å². The Bertz CT molecular complexity index is 853. The van der Waals surface area contributed by atoms with E-state index in [9.17, 15) is 9.59 Å². The molecule has 0 bridgehead atoms. The van der Waals surface area contributed by atoms with Gasteiger partial charge in [0, 0.05) is 51.4 Å². The first-order valence-electron chi connectivity index (χ1n) is 11.5. The van der Waals surface area contributed by atoms with Crippen LogP contribution in [0.3, 0.4) is 0 Å². The molecule has 0 spiro atoms. The van der Waals surface area contributed by atoms with Gasteiger partial charge in [-0.25, -0.2) is 4.98 Å². The monoisotopic (exact) mass is 424 g/mol. The summed E-state index contributed by atoms with van der Waals surface area (Å²) < 4.78 is 2.00. The second-order valence-electron chi connectivity index (χ2n) is 9.07. The zero-order chi connectivity index (χ0) is 22.4. The van der Waals surface area contributed by atoms with E-state index >= 15 is 0 Å². The summed E-state index contributed by atoms with van der Waals surface area (Å²) in [7, 11) is 1.87. The molecular formula is C25H36N4O2. The molecule has 0 unspecified atom stereocenters. The molecule has 1 aromatic heterocycles. The van der Waals surface area contributed by atoms with Gasteiger partial charge in [-0.2, -0.15) is 0 Å². The molecule has 31 heavy (non-hydrogen) atoms. The Hall–Kier alpha value is -2.63. The molecule has 1 aromatic carbocycles. The summed E-state index contributed by atoms with van der Waals surface area (Å²) in [6, 6.07) is 9.85. The van der Waals surface area contributed by atoms with Gasteiger partial charge < -0.3 is 14.4 Å². The van der Waals surface area contributed by atoms with Crippen molar-refractivity contribution in [2.75, 3.05) is 20.1 Å². The molecule has 3 rings (SSSR count). The smallest absolute Gasteiger partial charge is 0.245 e. The molecule has 1 fully saturated rings. The number of hydrogen-bond donors (Lipinski definition) is 0. The predicted molar refractivity (Wildman–Crippen MR) is 122 cm³/mol. The fraction of sp³-hybridized carbons (Fsp3) is 0.560. The van der Waals surface area contributed by atoms with Crippen LogP contribution < -0.4 is 0 Å². The first kappa shape index (κ1) is 23.0. The van der Waals surface area contributed by atoms with Gasteiger partial charge in [-0.15, -0.1) is 0 Å². The first-order chi connectivity index (χ1) is 14.9. The van der Waals surface area contributed by atoms with Crippen LogP contribution in [0, 0.1) is 5.92 Å². The molecule has 0 N–H and O–H groups in total. The Morgan fingerprint density at radius 1 is 1.13 bits per heavy atom. The fourth-order valence-corrected chi connectivity index (χ4v) is 4.39. The minimum Gasteiger partial charge on any atom is -0.341 e. The molecule has 2 aromatic rings. The Morgan fingerprint density at radius 3 is 2.45 bits per heavy atom. The quantitative estimate of drug-likeness (QED) is 0.637. The number of amides is 2. The summed E-state index contributed by atoms with van der Waals surface area (Å²) in [6.45, 7) is 8.35. The predicted octanol–water partition coefficient (Wildman–Crippen LogP) is 4.24. The molecule has 1 aliphatic rings. The minimum absolute atomic E-state index is 0.164. The van der Waals surface area contributed by atoms with Gasteiger partial charge in [-0.3, -0.25) is 9.59 Å². The molecule has 1 atom stereocenters. The summed E-state index contributed by atoms with van der Waals surface area (Å²) in [5.74, 6) is 2.10. The Labute approximate surface area is 186 Å². The zero-order valence-electron chi connectivity index (χ0n) is 19.3.